The molecule has 0 aliphatic rings. The number of nitrogens with one attached hydrogen (secondary N) is 2. The summed E-state index contributed by atoms with van der Waals surface area (Å²) in [5, 5.41) is 13.1. The molecule has 1 aromatic heterocycles. The average Bonchev–Trinajstić information content (AvgIpc) is 3.01. The Morgan fingerprint density at radius 3 is 2.82 bits per heavy atom. The van der Waals surface area contributed by atoms with Crippen LogP contribution in [0.3, 0.4) is 0 Å². The quantitative estimate of drug-likeness (QED) is 0.346. The standard InChI is InChI=1S/C14H13N3O5/c1-2-5-16-14(20)17-12(18)9-22-13(19)10(8-15)7-11-4-3-6-21-11/h2-4,6-7H,1,5,9H2,(H2,16,17,18,20)/b10-7+. The van der Waals surface area contributed by atoms with Crippen LogP contribution in [0.5, 0.6) is 0 Å². The zero-order valence-electron chi connectivity index (χ0n) is 11.5. The molecule has 114 valence electrons. The van der Waals surface area contributed by atoms with Gasteiger partial charge in [-0.15, -0.1) is 6.58 Å². The van der Waals surface area contributed by atoms with E-state index in [1.807, 2.05) is 5.32 Å². The van der Waals surface area contributed by atoms with Crippen LogP contribution in [0.15, 0.2) is 41.0 Å². The number of ether oxygens (including phenoxy) is 1. The van der Waals surface area contributed by atoms with Crippen molar-refractivity contribution in [2.45, 2.75) is 0 Å². The van der Waals surface area contributed by atoms with E-state index in [-0.39, 0.29) is 12.1 Å². The van der Waals surface area contributed by atoms with Crippen molar-refractivity contribution in [2.75, 3.05) is 13.2 Å². The number of hydrogen-bond acceptors (Lipinski definition) is 6. The molecular formula is C14H13N3O5. The lowest BCUT2D eigenvalue weighted by Gasteiger charge is -2.05. The number of urea groups is 1. The van der Waals surface area contributed by atoms with Crippen molar-refractivity contribution in [3.8, 4) is 6.07 Å². The first-order valence-electron chi connectivity index (χ1n) is 6.07. The second-order valence-electron chi connectivity index (χ2n) is 3.81. The summed E-state index contributed by atoms with van der Waals surface area (Å²) in [4.78, 5) is 34.1. The van der Waals surface area contributed by atoms with Gasteiger partial charge in [0.25, 0.3) is 5.91 Å². The fourth-order valence-electron chi connectivity index (χ4n) is 1.23. The van der Waals surface area contributed by atoms with E-state index in [2.05, 4.69) is 16.6 Å². The van der Waals surface area contributed by atoms with Gasteiger partial charge in [-0.2, -0.15) is 5.26 Å². The van der Waals surface area contributed by atoms with E-state index < -0.39 is 24.5 Å². The number of nitrogens with zero attached hydrogens (tertiary/aromatic N) is 1. The molecule has 0 atom stereocenters. The fraction of sp³-hybridized carbons (Fsp3) is 0.143. The zero-order chi connectivity index (χ0) is 16.4. The Morgan fingerprint density at radius 1 is 1.45 bits per heavy atom. The fourth-order valence-corrected chi connectivity index (χ4v) is 1.23. The minimum Gasteiger partial charge on any atom is -0.465 e. The lowest BCUT2D eigenvalue weighted by atomic mass is 10.2. The molecule has 0 aromatic carbocycles. The lowest BCUT2D eigenvalue weighted by molar-refractivity contribution is -0.144. The van der Waals surface area contributed by atoms with Crippen LogP contribution in [-0.2, 0) is 14.3 Å². The highest BCUT2D eigenvalue weighted by Crippen LogP contribution is 2.08. The van der Waals surface area contributed by atoms with Gasteiger partial charge in [-0.25, -0.2) is 9.59 Å². The van der Waals surface area contributed by atoms with Crippen molar-refractivity contribution in [1.29, 1.82) is 5.26 Å². The first kappa shape index (κ1) is 16.7. The van der Waals surface area contributed by atoms with Crippen LogP contribution in [0.1, 0.15) is 5.76 Å². The summed E-state index contributed by atoms with van der Waals surface area (Å²) in [5.41, 5.74) is -0.334. The molecule has 1 aromatic rings. The minimum absolute atomic E-state index is 0.184. The van der Waals surface area contributed by atoms with Crippen molar-refractivity contribution < 1.29 is 23.5 Å². The number of hydrogen-bond donors (Lipinski definition) is 2. The van der Waals surface area contributed by atoms with Crippen LogP contribution in [0.2, 0.25) is 0 Å². The first-order chi connectivity index (χ1) is 10.6. The monoisotopic (exact) mass is 303 g/mol. The second-order valence-corrected chi connectivity index (χ2v) is 3.81. The maximum absolute atomic E-state index is 11.6. The van der Waals surface area contributed by atoms with Crippen LogP contribution in [0.4, 0.5) is 4.79 Å². The molecule has 3 amide bonds. The molecule has 0 unspecified atom stereocenters. The Morgan fingerprint density at radius 2 is 2.23 bits per heavy atom. The number of esters is 1. The summed E-state index contributed by atoms with van der Waals surface area (Å²) in [6, 6.07) is 4.02. The highest BCUT2D eigenvalue weighted by molar-refractivity contribution is 6.00. The molecule has 0 bridgehead atoms. The van der Waals surface area contributed by atoms with Crippen LogP contribution in [0, 0.1) is 11.3 Å². The summed E-state index contributed by atoms with van der Waals surface area (Å²) in [5.74, 6) is -1.53. The molecule has 1 heterocycles. The maximum atomic E-state index is 11.6. The molecule has 0 radical (unpaired) electrons. The van der Waals surface area contributed by atoms with E-state index in [4.69, 9.17) is 9.68 Å². The van der Waals surface area contributed by atoms with Gasteiger partial charge in [-0.1, -0.05) is 6.08 Å². The zero-order valence-corrected chi connectivity index (χ0v) is 11.5. The minimum atomic E-state index is -0.999. The SMILES string of the molecule is C=CCNC(=O)NC(=O)COC(=O)/C(C#N)=C/c1ccco1. The smallest absolute Gasteiger partial charge is 0.349 e. The number of furan rings is 1. The topological polar surface area (TPSA) is 121 Å². The molecule has 2 N–H and O–H groups in total. The Hall–Kier alpha value is -3.34. The molecule has 0 saturated carbocycles. The van der Waals surface area contributed by atoms with Crippen LogP contribution in [0.25, 0.3) is 6.08 Å². The largest absolute Gasteiger partial charge is 0.465 e. The summed E-state index contributed by atoms with van der Waals surface area (Å²) < 4.78 is 9.58. The summed E-state index contributed by atoms with van der Waals surface area (Å²) in [6.45, 7) is 2.88. The summed E-state index contributed by atoms with van der Waals surface area (Å²) in [6.07, 6.45) is 3.99. The summed E-state index contributed by atoms with van der Waals surface area (Å²) >= 11 is 0. The number of carbonyl (C=O) groups is 3. The third-order valence-corrected chi connectivity index (χ3v) is 2.16. The third kappa shape index (κ3) is 5.75. The van der Waals surface area contributed by atoms with Crippen LogP contribution >= 0.6 is 0 Å². The molecule has 0 aliphatic heterocycles. The Labute approximate surface area is 126 Å². The van der Waals surface area contributed by atoms with E-state index in [1.165, 1.54) is 18.4 Å². The molecule has 0 saturated heterocycles. The normalized spacial score (nSPS) is 10.2. The maximum Gasteiger partial charge on any atom is 0.349 e. The number of carbonyl (C=O) groups excluding carboxylic acids is 3. The average molecular weight is 303 g/mol. The molecule has 8 nitrogen and oxygen atoms in total. The Bertz CT molecular complexity index is 625. The summed E-state index contributed by atoms with van der Waals surface area (Å²) in [7, 11) is 0. The van der Waals surface area contributed by atoms with Gasteiger partial charge in [0.05, 0.1) is 6.26 Å². The van der Waals surface area contributed by atoms with Gasteiger partial charge in [-0.05, 0) is 12.1 Å². The van der Waals surface area contributed by atoms with Gasteiger partial charge >= 0.3 is 12.0 Å². The lowest BCUT2D eigenvalue weighted by Crippen LogP contribution is -2.41. The van der Waals surface area contributed by atoms with Crippen molar-refractivity contribution in [2.24, 2.45) is 0 Å². The molecule has 8 heteroatoms. The van der Waals surface area contributed by atoms with Gasteiger partial charge in [0.15, 0.2) is 6.61 Å². The molecule has 0 spiro atoms. The molecule has 1 rings (SSSR count). The number of nitriles is 1. The van der Waals surface area contributed by atoms with E-state index >= 15 is 0 Å². The Balaban J connectivity index is 2.47. The van der Waals surface area contributed by atoms with Crippen molar-refractivity contribution in [3.63, 3.8) is 0 Å². The van der Waals surface area contributed by atoms with E-state index in [9.17, 15) is 14.4 Å². The highest BCUT2D eigenvalue weighted by atomic mass is 16.5. The van der Waals surface area contributed by atoms with E-state index in [0.717, 1.165) is 0 Å². The third-order valence-electron chi connectivity index (χ3n) is 2.16. The van der Waals surface area contributed by atoms with Crippen molar-refractivity contribution >= 4 is 24.0 Å². The van der Waals surface area contributed by atoms with Crippen LogP contribution in [-0.4, -0.2) is 31.1 Å². The molecular weight excluding hydrogens is 290 g/mol. The predicted octanol–water partition coefficient (Wildman–Crippen LogP) is 0.742. The molecule has 0 aliphatic carbocycles. The second kappa shape index (κ2) is 8.76. The molecule has 22 heavy (non-hydrogen) atoms. The highest BCUT2D eigenvalue weighted by Gasteiger charge is 2.14. The number of amides is 3. The van der Waals surface area contributed by atoms with Gasteiger partial charge in [-0.3, -0.25) is 10.1 Å². The number of rotatable bonds is 6. The van der Waals surface area contributed by atoms with Crippen LogP contribution < -0.4 is 10.6 Å². The van der Waals surface area contributed by atoms with Gasteiger partial charge < -0.3 is 14.5 Å². The van der Waals surface area contributed by atoms with Crippen molar-refractivity contribution in [3.05, 3.63) is 42.4 Å². The first-order valence-corrected chi connectivity index (χ1v) is 6.07. The molecule has 0 fully saturated rings. The predicted molar refractivity (Wildman–Crippen MR) is 75.0 cm³/mol. The van der Waals surface area contributed by atoms with Gasteiger partial charge in [0, 0.05) is 12.6 Å². The van der Waals surface area contributed by atoms with Crippen molar-refractivity contribution in [1.82, 2.24) is 10.6 Å². The number of imide groups is 1. The van der Waals surface area contributed by atoms with Gasteiger partial charge in [0.1, 0.15) is 17.4 Å². The van der Waals surface area contributed by atoms with Gasteiger partial charge in [0.2, 0.25) is 0 Å². The Kier molecular flexibility index (Phi) is 6.65. The van der Waals surface area contributed by atoms with E-state index in [0.29, 0.717) is 5.76 Å². The van der Waals surface area contributed by atoms with E-state index in [1.54, 1.807) is 18.2 Å².